The molecule has 8 heteroatoms. The minimum Gasteiger partial charge on any atom is -0.459 e. The van der Waals surface area contributed by atoms with Gasteiger partial charge in [-0.15, -0.1) is 0 Å². The van der Waals surface area contributed by atoms with Crippen LogP contribution in [0.25, 0.3) is 0 Å². The van der Waals surface area contributed by atoms with Gasteiger partial charge in [-0.25, -0.2) is 0 Å². The van der Waals surface area contributed by atoms with E-state index in [4.69, 9.17) is 25.4 Å². The maximum atomic E-state index is 11.8. The van der Waals surface area contributed by atoms with Gasteiger partial charge in [0.2, 0.25) is 0 Å². The van der Waals surface area contributed by atoms with Gasteiger partial charge in [-0.2, -0.15) is 0 Å². The zero-order valence-electron chi connectivity index (χ0n) is 12.0. The van der Waals surface area contributed by atoms with Crippen molar-refractivity contribution in [3.63, 3.8) is 0 Å². The van der Waals surface area contributed by atoms with Gasteiger partial charge >= 0.3 is 13.6 Å². The van der Waals surface area contributed by atoms with Crippen molar-refractivity contribution < 1.29 is 29.0 Å². The van der Waals surface area contributed by atoms with Crippen LogP contribution in [0.4, 0.5) is 0 Å². The molecule has 122 valence electrons. The predicted octanol–water partition coefficient (Wildman–Crippen LogP) is 0.544. The van der Waals surface area contributed by atoms with Crippen LogP contribution in [-0.4, -0.2) is 39.7 Å². The summed E-state index contributed by atoms with van der Waals surface area (Å²) in [5.74, 6) is -0.704. The lowest BCUT2D eigenvalue weighted by Crippen LogP contribution is -2.30. The van der Waals surface area contributed by atoms with Gasteiger partial charge in [0.15, 0.2) is 0 Å². The van der Waals surface area contributed by atoms with E-state index in [9.17, 15) is 9.36 Å². The molecule has 0 aliphatic carbocycles. The molecular weight excluding hydrogens is 309 g/mol. The monoisotopic (exact) mass is 329 g/mol. The minimum atomic E-state index is -4.29. The van der Waals surface area contributed by atoms with E-state index in [-0.39, 0.29) is 25.2 Å². The molecule has 7 nitrogen and oxygen atoms in total. The zero-order chi connectivity index (χ0) is 16.6. The van der Waals surface area contributed by atoms with E-state index in [1.165, 1.54) is 6.08 Å². The third kappa shape index (κ3) is 7.49. The number of rotatable bonds is 8. The van der Waals surface area contributed by atoms with Gasteiger partial charge in [-0.3, -0.25) is 9.36 Å². The van der Waals surface area contributed by atoms with Gasteiger partial charge in [0, 0.05) is 6.61 Å². The lowest BCUT2D eigenvalue weighted by Gasteiger charge is -2.12. The van der Waals surface area contributed by atoms with Crippen molar-refractivity contribution in [2.75, 3.05) is 12.8 Å². The number of carbonyl (C=O) groups excluding carboxylic acids is 1. The number of hydrogen-bond donors (Lipinski definition) is 4. The topological polar surface area (TPSA) is 130 Å². The van der Waals surface area contributed by atoms with Crippen LogP contribution in [0.1, 0.15) is 12.0 Å². The molecule has 0 heterocycles. The number of aliphatic hydroxyl groups excluding tert-OH is 1. The van der Waals surface area contributed by atoms with Crippen LogP contribution in [0, 0.1) is 0 Å². The SMILES string of the molecule is NC(/C=C(/CCO)CP(=O)(O)O)C(=O)OCc1ccccc1. The first kappa shape index (κ1) is 18.5. The van der Waals surface area contributed by atoms with Crippen LogP contribution < -0.4 is 5.73 Å². The van der Waals surface area contributed by atoms with Gasteiger partial charge in [-0.05, 0) is 12.0 Å². The van der Waals surface area contributed by atoms with Crippen LogP contribution in [0.15, 0.2) is 42.0 Å². The molecule has 0 bridgehead atoms. The predicted molar refractivity (Wildman–Crippen MR) is 80.9 cm³/mol. The number of carbonyl (C=O) groups is 1. The number of aliphatic hydroxyl groups is 1. The Hall–Kier alpha value is -1.50. The molecule has 0 amide bonds. The van der Waals surface area contributed by atoms with Crippen molar-refractivity contribution in [1.82, 2.24) is 0 Å². The normalized spacial score (nSPS) is 13.7. The highest BCUT2D eigenvalue weighted by molar-refractivity contribution is 7.52. The molecule has 22 heavy (non-hydrogen) atoms. The molecule has 0 spiro atoms. The van der Waals surface area contributed by atoms with Crippen molar-refractivity contribution >= 4 is 13.6 Å². The molecule has 1 rings (SSSR count). The Labute approximate surface area is 128 Å². The van der Waals surface area contributed by atoms with E-state index in [0.29, 0.717) is 0 Å². The van der Waals surface area contributed by atoms with E-state index in [0.717, 1.165) is 5.56 Å². The summed E-state index contributed by atoms with van der Waals surface area (Å²) >= 11 is 0. The Balaban J connectivity index is 2.63. The highest BCUT2D eigenvalue weighted by atomic mass is 31.2. The quantitative estimate of drug-likeness (QED) is 0.311. The number of nitrogens with two attached hydrogens (primary N) is 1. The minimum absolute atomic E-state index is 0.0325. The van der Waals surface area contributed by atoms with Gasteiger partial charge in [-0.1, -0.05) is 42.0 Å². The summed E-state index contributed by atoms with van der Waals surface area (Å²) in [5, 5.41) is 8.89. The van der Waals surface area contributed by atoms with E-state index in [2.05, 4.69) is 0 Å². The molecule has 1 aromatic rings. The van der Waals surface area contributed by atoms with Crippen LogP contribution >= 0.6 is 7.60 Å². The van der Waals surface area contributed by atoms with Crippen molar-refractivity contribution in [3.8, 4) is 0 Å². The summed E-state index contributed by atoms with van der Waals surface area (Å²) in [5.41, 5.74) is 6.67. The van der Waals surface area contributed by atoms with Gasteiger partial charge < -0.3 is 25.4 Å². The first-order valence-electron chi connectivity index (χ1n) is 6.63. The van der Waals surface area contributed by atoms with E-state index in [1.807, 2.05) is 18.2 Å². The average Bonchev–Trinajstić information content (AvgIpc) is 2.44. The summed E-state index contributed by atoms with van der Waals surface area (Å²) < 4.78 is 16.0. The van der Waals surface area contributed by atoms with Crippen LogP contribution in [0.2, 0.25) is 0 Å². The van der Waals surface area contributed by atoms with Gasteiger partial charge in [0.1, 0.15) is 12.6 Å². The molecule has 0 aliphatic heterocycles. The number of hydrogen-bond acceptors (Lipinski definition) is 5. The number of esters is 1. The fraction of sp³-hybridized carbons (Fsp3) is 0.357. The molecule has 1 aromatic carbocycles. The first-order valence-corrected chi connectivity index (χ1v) is 8.42. The molecule has 0 fully saturated rings. The number of benzene rings is 1. The molecule has 0 radical (unpaired) electrons. The molecule has 0 aromatic heterocycles. The van der Waals surface area contributed by atoms with E-state index >= 15 is 0 Å². The van der Waals surface area contributed by atoms with E-state index < -0.39 is 25.8 Å². The van der Waals surface area contributed by atoms with Crippen molar-refractivity contribution in [3.05, 3.63) is 47.5 Å². The maximum absolute atomic E-state index is 11.8. The lowest BCUT2D eigenvalue weighted by atomic mass is 10.1. The van der Waals surface area contributed by atoms with Crippen molar-refractivity contribution in [1.29, 1.82) is 0 Å². The van der Waals surface area contributed by atoms with Gasteiger partial charge in [0.05, 0.1) is 6.16 Å². The third-order valence-corrected chi connectivity index (χ3v) is 3.57. The summed E-state index contributed by atoms with van der Waals surface area (Å²) in [6, 6.07) is 7.89. The Morgan fingerprint density at radius 3 is 2.50 bits per heavy atom. The molecule has 0 saturated heterocycles. The molecular formula is C14H20NO6P. The Morgan fingerprint density at radius 1 is 1.32 bits per heavy atom. The largest absolute Gasteiger partial charge is 0.459 e. The van der Waals surface area contributed by atoms with Crippen molar-refractivity contribution in [2.45, 2.75) is 19.1 Å². The second kappa shape index (κ2) is 8.82. The summed E-state index contributed by atoms with van der Waals surface area (Å²) in [4.78, 5) is 29.7. The van der Waals surface area contributed by atoms with Crippen LogP contribution in [-0.2, 0) is 20.7 Å². The highest BCUT2D eigenvalue weighted by Gasteiger charge is 2.19. The van der Waals surface area contributed by atoms with Crippen molar-refractivity contribution in [2.24, 2.45) is 5.73 Å². The molecule has 0 aliphatic rings. The standard InChI is InChI=1S/C14H20NO6P/c15-13(8-12(6-7-16)10-22(18,19)20)14(17)21-9-11-4-2-1-3-5-11/h1-5,8,13,16H,6-7,9-10,15H2,(H2,18,19,20)/b12-8-. The second-order valence-electron chi connectivity index (χ2n) is 4.74. The molecule has 0 saturated carbocycles. The van der Waals surface area contributed by atoms with Crippen LogP contribution in [0.5, 0.6) is 0 Å². The Bertz CT molecular complexity index is 554. The lowest BCUT2D eigenvalue weighted by molar-refractivity contribution is -0.145. The Kier molecular flexibility index (Phi) is 7.44. The van der Waals surface area contributed by atoms with Gasteiger partial charge in [0.25, 0.3) is 0 Å². The molecule has 5 N–H and O–H groups in total. The van der Waals surface area contributed by atoms with Crippen LogP contribution in [0.3, 0.4) is 0 Å². The first-order chi connectivity index (χ1) is 10.3. The maximum Gasteiger partial charge on any atom is 0.329 e. The smallest absolute Gasteiger partial charge is 0.329 e. The highest BCUT2D eigenvalue weighted by Crippen LogP contribution is 2.37. The fourth-order valence-electron chi connectivity index (χ4n) is 1.77. The summed E-state index contributed by atoms with van der Waals surface area (Å²) in [6.45, 7) is -0.230. The van der Waals surface area contributed by atoms with E-state index in [1.54, 1.807) is 12.1 Å². The summed E-state index contributed by atoms with van der Waals surface area (Å²) in [6.07, 6.45) is 0.709. The molecule has 1 atom stereocenters. The zero-order valence-corrected chi connectivity index (χ0v) is 12.9. The summed E-state index contributed by atoms with van der Waals surface area (Å²) in [7, 11) is -4.29. The molecule has 1 unspecified atom stereocenters. The average molecular weight is 329 g/mol. The Morgan fingerprint density at radius 2 is 1.95 bits per heavy atom. The number of ether oxygens (including phenoxy) is 1. The fourth-order valence-corrected chi connectivity index (χ4v) is 2.56. The second-order valence-corrected chi connectivity index (χ2v) is 6.39. The third-order valence-electron chi connectivity index (χ3n) is 2.75.